The van der Waals surface area contributed by atoms with Gasteiger partial charge in [-0.05, 0) is 68.2 Å². The Hall–Kier alpha value is -3.66. The second kappa shape index (κ2) is 11.2. The molecule has 6 heterocycles. The van der Waals surface area contributed by atoms with E-state index in [4.69, 9.17) is 4.74 Å². The lowest BCUT2D eigenvalue weighted by Gasteiger charge is -2.54. The third-order valence-corrected chi connectivity index (χ3v) is 9.46. The highest BCUT2D eigenvalue weighted by molar-refractivity contribution is 5.98. The number of anilines is 1. The number of ketones is 1. The van der Waals surface area contributed by atoms with Crippen molar-refractivity contribution >= 4 is 22.4 Å². The zero-order valence-electron chi connectivity index (χ0n) is 24.6. The molecular weight excluding hydrogens is 526 g/mol. The molecule has 9 nitrogen and oxygen atoms in total. The lowest BCUT2D eigenvalue weighted by Crippen LogP contribution is -2.60. The van der Waals surface area contributed by atoms with E-state index in [1.165, 1.54) is 18.5 Å². The standard InChI is InChI=1S/C33H39N7O2/c1-37-9-6-33(7-10-37)22-40(23-33)32-17-25(5-8-34-32)31(41)18-28-16-27-15-24(3-4-26(27)19-35-28)29-20-36-38(2)30(29)21-39-11-13-42-14-12-39/h3-5,8,15-17,19-20H,6-7,9-14,18,21-23H2,1-2H3. The van der Waals surface area contributed by atoms with Gasteiger partial charge in [-0.1, -0.05) is 12.1 Å². The SMILES string of the molecule is CN1CCC2(CC1)CN(c1cc(C(=O)Cc3cc4cc(-c5cnn(C)c5CN5CCOCC5)ccc4cn3)ccn1)C2. The Morgan fingerprint density at radius 2 is 1.74 bits per heavy atom. The molecule has 0 unspecified atom stereocenters. The van der Waals surface area contributed by atoms with E-state index in [0.717, 1.165) is 92.4 Å². The number of ether oxygens (including phenoxy) is 1. The first-order valence-electron chi connectivity index (χ1n) is 15.1. The molecule has 1 aromatic carbocycles. The molecule has 0 aliphatic carbocycles. The van der Waals surface area contributed by atoms with Crippen LogP contribution in [0.3, 0.4) is 0 Å². The minimum atomic E-state index is 0.0660. The number of morpholine rings is 1. The number of hydrogen-bond donors (Lipinski definition) is 0. The van der Waals surface area contributed by atoms with Gasteiger partial charge in [0.05, 0.1) is 31.5 Å². The van der Waals surface area contributed by atoms with Crippen LogP contribution in [0, 0.1) is 5.41 Å². The number of carbonyl (C=O) groups excluding carboxylic acids is 1. The zero-order chi connectivity index (χ0) is 28.7. The third-order valence-electron chi connectivity index (χ3n) is 9.46. The van der Waals surface area contributed by atoms with Gasteiger partial charge in [-0.2, -0.15) is 5.10 Å². The second-order valence-electron chi connectivity index (χ2n) is 12.4. The Morgan fingerprint density at radius 1 is 0.929 bits per heavy atom. The highest BCUT2D eigenvalue weighted by Gasteiger charge is 2.44. The van der Waals surface area contributed by atoms with Gasteiger partial charge in [0.15, 0.2) is 5.78 Å². The number of aryl methyl sites for hydroxylation is 1. The Labute approximate surface area is 247 Å². The average Bonchev–Trinajstić information content (AvgIpc) is 3.36. The van der Waals surface area contributed by atoms with Gasteiger partial charge in [-0.15, -0.1) is 0 Å². The quantitative estimate of drug-likeness (QED) is 0.313. The Balaban J connectivity index is 1.06. The Kier molecular flexibility index (Phi) is 7.25. The predicted molar refractivity (Wildman–Crippen MR) is 164 cm³/mol. The number of aromatic nitrogens is 4. The van der Waals surface area contributed by atoms with Crippen molar-refractivity contribution in [2.75, 3.05) is 64.4 Å². The fraction of sp³-hybridized carbons (Fsp3) is 0.455. The molecule has 4 aromatic rings. The van der Waals surface area contributed by atoms with Crippen molar-refractivity contribution in [2.24, 2.45) is 12.5 Å². The van der Waals surface area contributed by atoms with E-state index in [1.807, 2.05) is 36.3 Å². The normalized spacial score (nSPS) is 19.3. The molecule has 7 rings (SSSR count). The molecule has 0 N–H and O–H groups in total. The number of Topliss-reactive ketones (excluding diaryl/α,β-unsaturated/α-hetero) is 1. The molecule has 42 heavy (non-hydrogen) atoms. The van der Waals surface area contributed by atoms with Crippen LogP contribution < -0.4 is 4.90 Å². The summed E-state index contributed by atoms with van der Waals surface area (Å²) in [6.45, 7) is 8.64. The summed E-state index contributed by atoms with van der Waals surface area (Å²) in [6, 6.07) is 12.3. The van der Waals surface area contributed by atoms with Crippen LogP contribution in [-0.2, 0) is 24.8 Å². The monoisotopic (exact) mass is 565 g/mol. The third kappa shape index (κ3) is 5.44. The van der Waals surface area contributed by atoms with E-state index in [2.05, 4.69) is 61.1 Å². The van der Waals surface area contributed by atoms with E-state index in [1.54, 1.807) is 6.20 Å². The maximum absolute atomic E-state index is 13.4. The maximum atomic E-state index is 13.4. The number of fused-ring (bicyclic) bond motifs is 1. The van der Waals surface area contributed by atoms with Gasteiger partial charge in [0, 0.05) is 79.8 Å². The maximum Gasteiger partial charge on any atom is 0.169 e. The lowest BCUT2D eigenvalue weighted by molar-refractivity contribution is 0.0332. The van der Waals surface area contributed by atoms with E-state index in [9.17, 15) is 4.79 Å². The van der Waals surface area contributed by atoms with Crippen LogP contribution in [0.4, 0.5) is 5.82 Å². The molecule has 0 amide bonds. The fourth-order valence-corrected chi connectivity index (χ4v) is 6.68. The fourth-order valence-electron chi connectivity index (χ4n) is 6.68. The van der Waals surface area contributed by atoms with E-state index >= 15 is 0 Å². The first-order valence-corrected chi connectivity index (χ1v) is 15.1. The summed E-state index contributed by atoms with van der Waals surface area (Å²) >= 11 is 0. The summed E-state index contributed by atoms with van der Waals surface area (Å²) in [7, 11) is 4.21. The smallest absolute Gasteiger partial charge is 0.169 e. The molecule has 1 spiro atoms. The number of carbonyl (C=O) groups is 1. The summed E-state index contributed by atoms with van der Waals surface area (Å²) in [5.41, 5.74) is 5.34. The molecule has 3 aromatic heterocycles. The minimum Gasteiger partial charge on any atom is -0.379 e. The number of rotatable bonds is 7. The number of nitrogens with zero attached hydrogens (tertiary/aromatic N) is 7. The number of benzene rings is 1. The van der Waals surface area contributed by atoms with Gasteiger partial charge < -0.3 is 14.5 Å². The van der Waals surface area contributed by atoms with E-state index < -0.39 is 0 Å². The van der Waals surface area contributed by atoms with Crippen molar-refractivity contribution < 1.29 is 9.53 Å². The van der Waals surface area contributed by atoms with E-state index in [-0.39, 0.29) is 12.2 Å². The van der Waals surface area contributed by atoms with Crippen LogP contribution >= 0.6 is 0 Å². The van der Waals surface area contributed by atoms with Crippen LogP contribution in [0.1, 0.15) is 34.6 Å². The van der Waals surface area contributed by atoms with Crippen LogP contribution in [0.25, 0.3) is 21.9 Å². The van der Waals surface area contributed by atoms with Crippen LogP contribution in [0.2, 0.25) is 0 Å². The largest absolute Gasteiger partial charge is 0.379 e. The van der Waals surface area contributed by atoms with Gasteiger partial charge in [-0.25, -0.2) is 4.98 Å². The predicted octanol–water partition coefficient (Wildman–Crippen LogP) is 3.82. The lowest BCUT2D eigenvalue weighted by atomic mass is 9.72. The molecule has 3 saturated heterocycles. The van der Waals surface area contributed by atoms with Gasteiger partial charge in [0.1, 0.15) is 5.82 Å². The summed E-state index contributed by atoms with van der Waals surface area (Å²) in [4.78, 5) is 29.8. The minimum absolute atomic E-state index is 0.0660. The van der Waals surface area contributed by atoms with Crippen molar-refractivity contribution in [1.29, 1.82) is 0 Å². The van der Waals surface area contributed by atoms with Crippen molar-refractivity contribution in [3.05, 3.63) is 71.9 Å². The van der Waals surface area contributed by atoms with Gasteiger partial charge in [0.25, 0.3) is 0 Å². The van der Waals surface area contributed by atoms with Gasteiger partial charge in [-0.3, -0.25) is 19.4 Å². The summed E-state index contributed by atoms with van der Waals surface area (Å²) in [6.07, 6.45) is 8.34. The molecule has 0 radical (unpaired) electrons. The molecule has 9 heteroatoms. The average molecular weight is 566 g/mol. The number of likely N-dealkylation sites (tertiary alicyclic amines) is 1. The highest BCUT2D eigenvalue weighted by Crippen LogP contribution is 2.42. The Bertz CT molecular complexity index is 1590. The van der Waals surface area contributed by atoms with Crippen molar-refractivity contribution in [3.63, 3.8) is 0 Å². The first kappa shape index (κ1) is 27.2. The van der Waals surface area contributed by atoms with Gasteiger partial charge in [0.2, 0.25) is 0 Å². The van der Waals surface area contributed by atoms with Crippen molar-refractivity contribution in [2.45, 2.75) is 25.8 Å². The molecule has 0 bridgehead atoms. The molecule has 218 valence electrons. The summed E-state index contributed by atoms with van der Waals surface area (Å²) in [5.74, 6) is 0.974. The second-order valence-corrected chi connectivity index (χ2v) is 12.4. The zero-order valence-corrected chi connectivity index (χ0v) is 24.6. The summed E-state index contributed by atoms with van der Waals surface area (Å²) in [5, 5.41) is 6.71. The molecule has 3 aliphatic heterocycles. The van der Waals surface area contributed by atoms with Crippen LogP contribution in [0.5, 0.6) is 0 Å². The van der Waals surface area contributed by atoms with E-state index in [0.29, 0.717) is 11.0 Å². The first-order chi connectivity index (χ1) is 20.4. The van der Waals surface area contributed by atoms with Crippen molar-refractivity contribution in [1.82, 2.24) is 29.5 Å². The van der Waals surface area contributed by atoms with Gasteiger partial charge >= 0.3 is 0 Å². The molecule has 3 fully saturated rings. The summed E-state index contributed by atoms with van der Waals surface area (Å²) < 4.78 is 7.50. The van der Waals surface area contributed by atoms with Crippen LogP contribution in [-0.4, -0.2) is 94.9 Å². The van der Waals surface area contributed by atoms with Crippen molar-refractivity contribution in [3.8, 4) is 11.1 Å². The highest BCUT2D eigenvalue weighted by atomic mass is 16.5. The topological polar surface area (TPSA) is 79.6 Å². The van der Waals surface area contributed by atoms with Crippen LogP contribution in [0.15, 0.2) is 55.0 Å². The molecule has 0 saturated carbocycles. The number of hydrogen-bond acceptors (Lipinski definition) is 8. The number of pyridine rings is 2. The number of piperidine rings is 1. The molecular formula is C33H39N7O2. The molecule has 3 aliphatic rings. The Morgan fingerprint density at radius 3 is 2.55 bits per heavy atom. The molecule has 0 atom stereocenters.